The second kappa shape index (κ2) is 10.6. The van der Waals surface area contributed by atoms with E-state index in [0.29, 0.717) is 36.3 Å². The number of anilines is 1. The molecule has 36 heavy (non-hydrogen) atoms. The zero-order valence-electron chi connectivity index (χ0n) is 20.1. The first-order valence-corrected chi connectivity index (χ1v) is 11.2. The highest BCUT2D eigenvalue weighted by molar-refractivity contribution is 6.40. The standard InChI is InChI=1S/C24H24B2FN5O4/c1-34-12-13-35-14-8-10-15(11-9-14)36-19-7-3-6-18(29-19)24(25,26)32-22(33)21-16-4-2-5-17(27)20(16)30-23(28)31-21/h2-11H,12-13,25-26H2,1H3,(H,32,33)(H2,28,30,31). The maximum absolute atomic E-state index is 14.2. The summed E-state index contributed by atoms with van der Waals surface area (Å²) < 4.78 is 30.6. The maximum Gasteiger partial charge on any atom is 0.270 e. The minimum atomic E-state index is -0.922. The number of pyridine rings is 1. The molecule has 182 valence electrons. The van der Waals surface area contributed by atoms with E-state index in [1.165, 1.54) is 12.1 Å². The number of carbonyl (C=O) groups excluding carboxylic acids is 1. The third kappa shape index (κ3) is 5.72. The zero-order chi connectivity index (χ0) is 25.7. The third-order valence-electron chi connectivity index (χ3n) is 5.30. The van der Waals surface area contributed by atoms with Crippen molar-refractivity contribution in [1.29, 1.82) is 0 Å². The Morgan fingerprint density at radius 1 is 1.00 bits per heavy atom. The number of aromatic nitrogens is 3. The normalized spacial score (nSPS) is 11.3. The fraction of sp³-hybridized carbons (Fsp3) is 0.167. The summed E-state index contributed by atoms with van der Waals surface area (Å²) in [6, 6.07) is 16.7. The van der Waals surface area contributed by atoms with Crippen molar-refractivity contribution < 1.29 is 23.4 Å². The lowest BCUT2D eigenvalue weighted by molar-refractivity contribution is 0.0938. The van der Waals surface area contributed by atoms with Gasteiger partial charge in [0.25, 0.3) is 5.91 Å². The first-order valence-electron chi connectivity index (χ1n) is 11.2. The molecule has 12 heteroatoms. The lowest BCUT2D eigenvalue weighted by Crippen LogP contribution is -2.48. The lowest BCUT2D eigenvalue weighted by Gasteiger charge is -2.26. The lowest BCUT2D eigenvalue weighted by atomic mass is 9.59. The van der Waals surface area contributed by atoms with Gasteiger partial charge in [-0.15, -0.1) is 0 Å². The predicted molar refractivity (Wildman–Crippen MR) is 138 cm³/mol. The molecule has 0 aliphatic rings. The van der Waals surface area contributed by atoms with Gasteiger partial charge in [0, 0.05) is 23.9 Å². The average Bonchev–Trinajstić information content (AvgIpc) is 2.85. The van der Waals surface area contributed by atoms with E-state index in [-0.39, 0.29) is 22.5 Å². The Labute approximate surface area is 209 Å². The molecule has 0 aliphatic carbocycles. The number of carbonyl (C=O) groups is 1. The molecule has 0 aliphatic heterocycles. The third-order valence-corrected chi connectivity index (χ3v) is 5.30. The fourth-order valence-electron chi connectivity index (χ4n) is 3.50. The van der Waals surface area contributed by atoms with Crippen molar-refractivity contribution in [3.05, 3.63) is 77.9 Å². The van der Waals surface area contributed by atoms with Gasteiger partial charge in [-0.3, -0.25) is 4.79 Å². The predicted octanol–water partition coefficient (Wildman–Crippen LogP) is 1.37. The number of nitrogens with one attached hydrogen (secondary N) is 1. The van der Waals surface area contributed by atoms with Gasteiger partial charge in [0.15, 0.2) is 0 Å². The van der Waals surface area contributed by atoms with Crippen molar-refractivity contribution in [1.82, 2.24) is 20.3 Å². The number of hydrogen-bond acceptors (Lipinski definition) is 8. The number of amides is 1. The summed E-state index contributed by atoms with van der Waals surface area (Å²) >= 11 is 0. The first kappa shape index (κ1) is 24.9. The Bertz CT molecular complexity index is 1390. The smallest absolute Gasteiger partial charge is 0.270 e. The molecule has 2 heterocycles. The van der Waals surface area contributed by atoms with Crippen LogP contribution in [0.5, 0.6) is 17.4 Å². The van der Waals surface area contributed by atoms with Crippen molar-refractivity contribution in [3.8, 4) is 17.4 Å². The van der Waals surface area contributed by atoms with E-state index in [1.807, 2.05) is 0 Å². The minimum Gasteiger partial charge on any atom is -0.491 e. The summed E-state index contributed by atoms with van der Waals surface area (Å²) in [4.78, 5) is 25.7. The van der Waals surface area contributed by atoms with Crippen LogP contribution in [-0.2, 0) is 10.1 Å². The summed E-state index contributed by atoms with van der Waals surface area (Å²) in [7, 11) is 5.19. The molecular weight excluding hydrogens is 463 g/mol. The van der Waals surface area contributed by atoms with E-state index in [1.54, 1.807) is 71.3 Å². The molecule has 0 saturated carbocycles. The molecule has 0 fully saturated rings. The highest BCUT2D eigenvalue weighted by Crippen LogP contribution is 2.25. The number of halogens is 1. The van der Waals surface area contributed by atoms with E-state index < -0.39 is 17.1 Å². The van der Waals surface area contributed by atoms with Crippen LogP contribution in [0.2, 0.25) is 0 Å². The minimum absolute atomic E-state index is 0.0170. The van der Waals surface area contributed by atoms with Crippen LogP contribution in [0.4, 0.5) is 10.3 Å². The van der Waals surface area contributed by atoms with Gasteiger partial charge in [-0.2, -0.15) is 0 Å². The largest absolute Gasteiger partial charge is 0.491 e. The SMILES string of the molecule is BC(B)(NC(=O)c1nc(N)nc2c(F)cccc12)c1cccc(Oc2ccc(OCCOC)cc2)n1. The van der Waals surface area contributed by atoms with Crippen LogP contribution in [0, 0.1) is 5.82 Å². The maximum atomic E-state index is 14.2. The summed E-state index contributed by atoms with van der Waals surface area (Å²) in [5.41, 5.74) is 6.23. The molecule has 2 aromatic heterocycles. The molecule has 0 unspecified atom stereocenters. The van der Waals surface area contributed by atoms with Gasteiger partial charge in [0.1, 0.15) is 50.8 Å². The Morgan fingerprint density at radius 2 is 1.72 bits per heavy atom. The molecule has 1 amide bonds. The number of nitrogens with two attached hydrogens (primary N) is 1. The van der Waals surface area contributed by atoms with Gasteiger partial charge in [0.05, 0.1) is 12.3 Å². The van der Waals surface area contributed by atoms with Gasteiger partial charge in [0.2, 0.25) is 11.8 Å². The molecule has 0 atom stereocenters. The first-order chi connectivity index (χ1) is 17.3. The molecule has 0 spiro atoms. The number of ether oxygens (including phenoxy) is 3. The summed E-state index contributed by atoms with van der Waals surface area (Å²) in [6.45, 7) is 0.951. The van der Waals surface area contributed by atoms with E-state index in [0.717, 1.165) is 0 Å². The molecule has 9 nitrogen and oxygen atoms in total. The molecule has 0 saturated heterocycles. The summed E-state index contributed by atoms with van der Waals surface area (Å²) in [5, 5.41) is 2.24. The molecule has 4 aromatic rings. The average molecular weight is 487 g/mol. The molecule has 2 aromatic carbocycles. The summed E-state index contributed by atoms with van der Waals surface area (Å²) in [6.07, 6.45) is 0. The van der Waals surface area contributed by atoms with E-state index in [4.69, 9.17) is 19.9 Å². The van der Waals surface area contributed by atoms with Crippen LogP contribution >= 0.6 is 0 Å². The Hall–Kier alpha value is -4.18. The number of methoxy groups -OCH3 is 1. The number of para-hydroxylation sites is 1. The number of nitrogen functional groups attached to an aromatic ring is 1. The zero-order valence-corrected chi connectivity index (χ0v) is 20.1. The van der Waals surface area contributed by atoms with E-state index in [9.17, 15) is 9.18 Å². The van der Waals surface area contributed by atoms with Crippen molar-refractivity contribution in [2.24, 2.45) is 0 Å². The second-order valence-corrected chi connectivity index (χ2v) is 8.42. The fourth-order valence-corrected chi connectivity index (χ4v) is 3.50. The van der Waals surface area contributed by atoms with Crippen LogP contribution in [0.25, 0.3) is 10.9 Å². The number of fused-ring (bicyclic) bond motifs is 1. The quantitative estimate of drug-likeness (QED) is 0.268. The van der Waals surface area contributed by atoms with Gasteiger partial charge in [-0.1, -0.05) is 18.2 Å². The van der Waals surface area contributed by atoms with Gasteiger partial charge in [-0.25, -0.2) is 19.3 Å². The Kier molecular flexibility index (Phi) is 7.35. The molecule has 3 N–H and O–H groups in total. The topological polar surface area (TPSA) is 121 Å². The van der Waals surface area contributed by atoms with Crippen LogP contribution in [0.3, 0.4) is 0 Å². The van der Waals surface area contributed by atoms with Crippen LogP contribution in [-0.4, -0.2) is 56.9 Å². The van der Waals surface area contributed by atoms with Crippen LogP contribution in [0.15, 0.2) is 60.7 Å². The Morgan fingerprint density at radius 3 is 2.47 bits per heavy atom. The van der Waals surface area contributed by atoms with Crippen molar-refractivity contribution in [3.63, 3.8) is 0 Å². The molecular formula is C24H24B2FN5O4. The highest BCUT2D eigenvalue weighted by atomic mass is 19.1. The van der Waals surface area contributed by atoms with Crippen molar-refractivity contribution in [2.75, 3.05) is 26.1 Å². The van der Waals surface area contributed by atoms with Crippen LogP contribution in [0.1, 0.15) is 16.2 Å². The number of nitrogens with zero attached hydrogens (tertiary/aromatic N) is 3. The monoisotopic (exact) mass is 487 g/mol. The van der Waals surface area contributed by atoms with E-state index >= 15 is 0 Å². The van der Waals surface area contributed by atoms with Gasteiger partial charge < -0.3 is 25.3 Å². The van der Waals surface area contributed by atoms with Crippen molar-refractivity contribution >= 4 is 38.5 Å². The van der Waals surface area contributed by atoms with Gasteiger partial charge >= 0.3 is 0 Å². The van der Waals surface area contributed by atoms with Crippen LogP contribution < -0.4 is 20.5 Å². The number of benzene rings is 2. The summed E-state index contributed by atoms with van der Waals surface area (Å²) in [5.74, 6) is 0.298. The molecule has 0 radical (unpaired) electrons. The van der Waals surface area contributed by atoms with E-state index in [2.05, 4.69) is 20.3 Å². The molecule has 0 bridgehead atoms. The van der Waals surface area contributed by atoms with Gasteiger partial charge in [-0.05, 0) is 36.4 Å². The Balaban J connectivity index is 1.51. The number of hydrogen-bond donors (Lipinski definition) is 2. The van der Waals surface area contributed by atoms with Crippen molar-refractivity contribution in [2.45, 2.75) is 5.34 Å². The number of rotatable bonds is 9. The highest BCUT2D eigenvalue weighted by Gasteiger charge is 2.27. The second-order valence-electron chi connectivity index (χ2n) is 8.42. The molecule has 4 rings (SSSR count).